The van der Waals surface area contributed by atoms with Crippen molar-refractivity contribution >= 4 is 33.5 Å². The molecule has 1 aromatic heterocycles. The summed E-state index contributed by atoms with van der Waals surface area (Å²) in [7, 11) is -4.43. The van der Waals surface area contributed by atoms with Gasteiger partial charge in [-0.3, -0.25) is 0 Å². The molecule has 0 N–H and O–H groups in total. The Hall–Kier alpha value is -2.16. The Morgan fingerprint density at radius 2 is 1.53 bits per heavy atom. The average Bonchev–Trinajstić information content (AvgIpc) is 3.14. The molecule has 0 amide bonds. The highest BCUT2D eigenvalue weighted by atomic mass is 32.2. The number of rotatable bonds is 3. The Kier molecular flexibility index (Phi) is 4.69. The molecule has 3 aromatic rings. The second-order valence-electron chi connectivity index (χ2n) is 9.06. The molecule has 2 heterocycles. The predicted molar refractivity (Wildman–Crippen MR) is 119 cm³/mol. The van der Waals surface area contributed by atoms with E-state index in [1.807, 2.05) is 54.5 Å². The zero-order valence-electron chi connectivity index (χ0n) is 18.5. The van der Waals surface area contributed by atoms with Gasteiger partial charge >= 0.3 is 7.12 Å². The molecule has 4 rings (SSSR count). The van der Waals surface area contributed by atoms with Gasteiger partial charge in [0, 0.05) is 5.39 Å². The van der Waals surface area contributed by atoms with Crippen LogP contribution in [-0.2, 0) is 19.3 Å². The summed E-state index contributed by atoms with van der Waals surface area (Å²) < 4.78 is 40.2. The molecule has 1 aliphatic rings. The first-order valence-electron chi connectivity index (χ1n) is 10.0. The number of fused-ring (bicyclic) bond motifs is 1. The smallest absolute Gasteiger partial charge is 0.399 e. The molecular formula is C22H27BN2O4S. The number of nitrogens with zero attached hydrogens (tertiary/aromatic N) is 2. The van der Waals surface area contributed by atoms with Gasteiger partial charge in [0.1, 0.15) is 0 Å². The molecule has 0 bridgehead atoms. The van der Waals surface area contributed by atoms with Gasteiger partial charge in [-0.15, -0.1) is 0 Å². The van der Waals surface area contributed by atoms with Crippen molar-refractivity contribution in [3.8, 4) is 0 Å². The van der Waals surface area contributed by atoms with Crippen molar-refractivity contribution in [3.05, 3.63) is 53.2 Å². The van der Waals surface area contributed by atoms with Gasteiger partial charge in [0.25, 0.3) is 10.0 Å². The minimum absolute atomic E-state index is 0.202. The van der Waals surface area contributed by atoms with E-state index in [4.69, 9.17) is 9.31 Å². The molecule has 1 aliphatic heterocycles. The minimum atomic E-state index is -3.83. The molecule has 0 atom stereocenters. The molecule has 0 saturated carbocycles. The van der Waals surface area contributed by atoms with Crippen LogP contribution in [0.25, 0.3) is 10.9 Å². The van der Waals surface area contributed by atoms with E-state index >= 15 is 0 Å². The van der Waals surface area contributed by atoms with Gasteiger partial charge in [-0.25, -0.2) is 0 Å². The average molecular weight is 426 g/mol. The summed E-state index contributed by atoms with van der Waals surface area (Å²) in [6, 6.07) is 8.63. The normalized spacial score (nSPS) is 18.3. The Morgan fingerprint density at radius 3 is 2.10 bits per heavy atom. The predicted octanol–water partition coefficient (Wildman–Crippen LogP) is 3.50. The molecule has 8 heteroatoms. The van der Waals surface area contributed by atoms with E-state index in [2.05, 4.69) is 5.10 Å². The lowest BCUT2D eigenvalue weighted by atomic mass is 9.73. The van der Waals surface area contributed by atoms with Gasteiger partial charge in [-0.05, 0) is 83.3 Å². The first-order valence-corrected chi connectivity index (χ1v) is 11.4. The number of hydrogen-bond donors (Lipinski definition) is 0. The lowest BCUT2D eigenvalue weighted by Gasteiger charge is -2.32. The molecule has 6 nitrogen and oxygen atoms in total. The van der Waals surface area contributed by atoms with E-state index in [1.54, 1.807) is 30.5 Å². The van der Waals surface area contributed by atoms with Crippen LogP contribution in [0.5, 0.6) is 0 Å². The van der Waals surface area contributed by atoms with Crippen LogP contribution in [0.1, 0.15) is 44.4 Å². The summed E-state index contributed by atoms with van der Waals surface area (Å²) in [4.78, 5) is 0.202. The summed E-state index contributed by atoms with van der Waals surface area (Å²) in [6.07, 6.45) is 1.59. The third kappa shape index (κ3) is 3.09. The fourth-order valence-corrected chi connectivity index (χ4v) is 4.94. The van der Waals surface area contributed by atoms with Crippen molar-refractivity contribution in [3.63, 3.8) is 0 Å². The Bertz CT molecular complexity index is 1230. The largest absolute Gasteiger partial charge is 0.495 e. The third-order valence-electron chi connectivity index (χ3n) is 6.45. The van der Waals surface area contributed by atoms with Gasteiger partial charge < -0.3 is 9.31 Å². The lowest BCUT2D eigenvalue weighted by Crippen LogP contribution is -2.41. The van der Waals surface area contributed by atoms with E-state index in [9.17, 15) is 8.42 Å². The summed E-state index contributed by atoms with van der Waals surface area (Å²) in [6.45, 7) is 13.9. The van der Waals surface area contributed by atoms with Crippen LogP contribution in [0, 0.1) is 20.8 Å². The molecule has 1 saturated heterocycles. The maximum Gasteiger partial charge on any atom is 0.495 e. The van der Waals surface area contributed by atoms with Crippen molar-refractivity contribution in [2.75, 3.05) is 0 Å². The van der Waals surface area contributed by atoms with Crippen LogP contribution in [0.2, 0.25) is 0 Å². The highest BCUT2D eigenvalue weighted by Gasteiger charge is 2.52. The fraction of sp³-hybridized carbons (Fsp3) is 0.409. The van der Waals surface area contributed by atoms with E-state index in [-0.39, 0.29) is 4.90 Å². The molecule has 30 heavy (non-hydrogen) atoms. The highest BCUT2D eigenvalue weighted by molar-refractivity contribution is 7.90. The zero-order valence-corrected chi connectivity index (χ0v) is 19.3. The first-order chi connectivity index (χ1) is 13.8. The fourth-order valence-electron chi connectivity index (χ4n) is 3.68. The topological polar surface area (TPSA) is 70.4 Å². The summed E-state index contributed by atoms with van der Waals surface area (Å²) >= 11 is 0. The van der Waals surface area contributed by atoms with E-state index in [0.717, 1.165) is 26.2 Å². The summed E-state index contributed by atoms with van der Waals surface area (Å²) in [5.41, 5.74) is 3.31. The van der Waals surface area contributed by atoms with Crippen LogP contribution in [0.4, 0.5) is 0 Å². The van der Waals surface area contributed by atoms with Crippen LogP contribution in [-0.4, -0.2) is 35.9 Å². The zero-order chi connectivity index (χ0) is 22.1. The number of aromatic nitrogens is 2. The number of hydrogen-bond acceptors (Lipinski definition) is 5. The van der Waals surface area contributed by atoms with Crippen LogP contribution in [0.15, 0.2) is 41.4 Å². The number of aryl methyl sites for hydroxylation is 2. The van der Waals surface area contributed by atoms with E-state index in [0.29, 0.717) is 10.9 Å². The molecule has 0 radical (unpaired) electrons. The Balaban J connectivity index is 1.91. The van der Waals surface area contributed by atoms with Crippen LogP contribution < -0.4 is 5.46 Å². The molecular weight excluding hydrogens is 399 g/mol. The van der Waals surface area contributed by atoms with Gasteiger partial charge in [0.15, 0.2) is 0 Å². The maximum atomic E-state index is 13.3. The molecule has 0 unspecified atom stereocenters. The van der Waals surface area contributed by atoms with Crippen LogP contribution >= 0.6 is 0 Å². The number of benzene rings is 2. The molecule has 0 spiro atoms. The molecule has 1 fully saturated rings. The van der Waals surface area contributed by atoms with Gasteiger partial charge in [-0.1, -0.05) is 17.7 Å². The van der Waals surface area contributed by atoms with Gasteiger partial charge in [0.2, 0.25) is 0 Å². The quantitative estimate of drug-likeness (QED) is 0.600. The SMILES string of the molecule is Cc1ccc(S(=O)(=O)n2ncc3c(B4OC(C)(C)C(C)(C)O4)c(C)c(C)cc32)cc1. The first kappa shape index (κ1) is 21.1. The van der Waals surface area contributed by atoms with Gasteiger partial charge in [-0.2, -0.15) is 17.6 Å². The van der Waals surface area contributed by atoms with E-state index < -0.39 is 28.3 Å². The van der Waals surface area contributed by atoms with Crippen molar-refractivity contribution in [2.45, 2.75) is 64.6 Å². The minimum Gasteiger partial charge on any atom is -0.399 e. The van der Waals surface area contributed by atoms with Crippen molar-refractivity contribution in [2.24, 2.45) is 0 Å². The molecule has 158 valence electrons. The summed E-state index contributed by atoms with van der Waals surface area (Å²) in [5.74, 6) is 0. The van der Waals surface area contributed by atoms with Gasteiger partial charge in [0.05, 0.1) is 27.8 Å². The lowest BCUT2D eigenvalue weighted by molar-refractivity contribution is 0.00578. The highest BCUT2D eigenvalue weighted by Crippen LogP contribution is 2.37. The Morgan fingerprint density at radius 1 is 0.967 bits per heavy atom. The molecule has 2 aromatic carbocycles. The van der Waals surface area contributed by atoms with E-state index in [1.165, 1.54) is 0 Å². The Labute approximate surface area is 178 Å². The monoisotopic (exact) mass is 426 g/mol. The second kappa shape index (κ2) is 6.67. The third-order valence-corrected chi connectivity index (χ3v) is 8.06. The summed E-state index contributed by atoms with van der Waals surface area (Å²) in [5, 5.41) is 4.99. The van der Waals surface area contributed by atoms with Crippen molar-refractivity contribution < 1.29 is 17.7 Å². The standard InChI is InChI=1S/C22H27BN2O4S/c1-14-8-10-17(11-9-14)30(26,27)25-19-12-15(2)16(3)20(18(19)13-24-25)23-28-21(4,5)22(6,7)29-23/h8-13H,1-7H3. The van der Waals surface area contributed by atoms with Crippen molar-refractivity contribution in [1.82, 2.24) is 9.19 Å². The second-order valence-corrected chi connectivity index (χ2v) is 10.8. The van der Waals surface area contributed by atoms with Crippen molar-refractivity contribution in [1.29, 1.82) is 0 Å². The molecule has 0 aliphatic carbocycles. The maximum absolute atomic E-state index is 13.3. The van der Waals surface area contributed by atoms with Crippen LogP contribution in [0.3, 0.4) is 0 Å².